The molecule has 0 radical (unpaired) electrons. The molecule has 1 heterocycles. The molecule has 7 heteroatoms. The van der Waals surface area contributed by atoms with Crippen LogP contribution in [0.5, 0.6) is 0 Å². The molecule has 3 amide bonds. The molecule has 0 aromatic rings. The average molecular weight is 273 g/mol. The van der Waals surface area contributed by atoms with Crippen LogP contribution in [-0.2, 0) is 23.8 Å². The molecule has 19 heavy (non-hydrogen) atoms. The van der Waals surface area contributed by atoms with Gasteiger partial charge in [-0.25, -0.2) is 4.79 Å². The Kier molecular flexibility index (Phi) is 6.44. The van der Waals surface area contributed by atoms with E-state index in [4.69, 9.17) is 14.2 Å². The Hall–Kier alpha value is -1.47. The van der Waals surface area contributed by atoms with Crippen molar-refractivity contribution in [3.8, 4) is 0 Å². The smallest absolute Gasteiger partial charge is 0.423 e. The molecule has 0 spiro atoms. The summed E-state index contributed by atoms with van der Waals surface area (Å²) in [7, 11) is 0. The minimum Gasteiger partial charge on any atom is -0.446 e. The number of hydrogen-bond donors (Lipinski definition) is 0. The van der Waals surface area contributed by atoms with E-state index >= 15 is 0 Å². The van der Waals surface area contributed by atoms with Crippen LogP contribution in [0, 0.1) is 0 Å². The zero-order valence-electron chi connectivity index (χ0n) is 11.2. The van der Waals surface area contributed by atoms with Crippen LogP contribution in [0.2, 0.25) is 0 Å². The van der Waals surface area contributed by atoms with Gasteiger partial charge >= 0.3 is 6.09 Å². The summed E-state index contributed by atoms with van der Waals surface area (Å²) in [5.41, 5.74) is 0. The molecule has 1 saturated heterocycles. The van der Waals surface area contributed by atoms with Crippen LogP contribution in [-0.4, -0.2) is 55.3 Å². The van der Waals surface area contributed by atoms with Gasteiger partial charge in [0, 0.05) is 26.1 Å². The number of ether oxygens (including phenoxy) is 3. The van der Waals surface area contributed by atoms with Gasteiger partial charge in [-0.1, -0.05) is 0 Å². The quantitative estimate of drug-likeness (QED) is 0.635. The summed E-state index contributed by atoms with van der Waals surface area (Å²) in [5, 5.41) is 0. The van der Waals surface area contributed by atoms with Gasteiger partial charge in [0.15, 0.2) is 0 Å². The van der Waals surface area contributed by atoms with E-state index in [0.29, 0.717) is 24.7 Å². The van der Waals surface area contributed by atoms with Crippen LogP contribution in [0.4, 0.5) is 4.79 Å². The standard InChI is InChI=1S/C12H19NO6/c1-3-17-7-9(18-4-2)8-19-12(16)13-10(14)5-6-11(13)15/h9H,3-8H2,1-2H3. The van der Waals surface area contributed by atoms with Crippen molar-refractivity contribution in [2.75, 3.05) is 26.4 Å². The number of amides is 3. The Morgan fingerprint density at radius 2 is 1.79 bits per heavy atom. The van der Waals surface area contributed by atoms with Crippen molar-refractivity contribution in [2.45, 2.75) is 32.8 Å². The van der Waals surface area contributed by atoms with Crippen LogP contribution in [0.25, 0.3) is 0 Å². The number of hydrogen-bond acceptors (Lipinski definition) is 6. The minimum atomic E-state index is -0.936. The van der Waals surface area contributed by atoms with Crippen LogP contribution >= 0.6 is 0 Å². The third-order valence-corrected chi connectivity index (χ3v) is 2.54. The summed E-state index contributed by atoms with van der Waals surface area (Å²) in [6.07, 6.45) is -1.22. The Labute approximate surface area is 111 Å². The maximum absolute atomic E-state index is 11.6. The van der Waals surface area contributed by atoms with E-state index in [9.17, 15) is 14.4 Å². The number of rotatable bonds is 7. The molecule has 1 aliphatic heterocycles. The number of imide groups is 3. The van der Waals surface area contributed by atoms with E-state index in [1.54, 1.807) is 0 Å². The van der Waals surface area contributed by atoms with Crippen molar-refractivity contribution in [1.29, 1.82) is 0 Å². The highest BCUT2D eigenvalue weighted by Crippen LogP contribution is 2.13. The molecule has 1 fully saturated rings. The Morgan fingerprint density at radius 1 is 1.16 bits per heavy atom. The van der Waals surface area contributed by atoms with Crippen molar-refractivity contribution in [3.63, 3.8) is 0 Å². The van der Waals surface area contributed by atoms with Crippen LogP contribution in [0.15, 0.2) is 0 Å². The SMILES string of the molecule is CCOCC(COC(=O)N1C(=O)CCC1=O)OCC. The van der Waals surface area contributed by atoms with Crippen molar-refractivity contribution in [3.05, 3.63) is 0 Å². The first-order valence-electron chi connectivity index (χ1n) is 6.32. The molecular formula is C12H19NO6. The molecule has 0 aliphatic carbocycles. The molecule has 0 saturated carbocycles. The monoisotopic (exact) mass is 273 g/mol. The maximum Gasteiger partial charge on any atom is 0.423 e. The molecule has 0 N–H and O–H groups in total. The average Bonchev–Trinajstić information content (AvgIpc) is 2.72. The summed E-state index contributed by atoms with van der Waals surface area (Å²) in [4.78, 5) is 34.8. The molecule has 0 bridgehead atoms. The molecule has 1 unspecified atom stereocenters. The number of likely N-dealkylation sites (tertiary alicyclic amines) is 1. The van der Waals surface area contributed by atoms with Crippen molar-refractivity contribution < 1.29 is 28.6 Å². The molecule has 0 aromatic carbocycles. The fourth-order valence-electron chi connectivity index (χ4n) is 1.64. The van der Waals surface area contributed by atoms with Gasteiger partial charge in [0.25, 0.3) is 0 Å². The summed E-state index contributed by atoms with van der Waals surface area (Å²) in [6.45, 7) is 4.88. The number of nitrogens with zero attached hydrogens (tertiary/aromatic N) is 1. The lowest BCUT2D eigenvalue weighted by Gasteiger charge is -2.18. The van der Waals surface area contributed by atoms with Gasteiger partial charge < -0.3 is 14.2 Å². The van der Waals surface area contributed by atoms with Crippen molar-refractivity contribution in [1.82, 2.24) is 4.90 Å². The minimum absolute atomic E-state index is 0.0519. The molecule has 0 aromatic heterocycles. The maximum atomic E-state index is 11.6. The molecule has 108 valence electrons. The fraction of sp³-hybridized carbons (Fsp3) is 0.750. The third kappa shape index (κ3) is 4.60. The lowest BCUT2D eigenvalue weighted by atomic mass is 10.4. The van der Waals surface area contributed by atoms with Gasteiger partial charge in [-0.3, -0.25) is 9.59 Å². The highest BCUT2D eigenvalue weighted by molar-refractivity contribution is 6.13. The summed E-state index contributed by atoms with van der Waals surface area (Å²) in [5.74, 6) is -1.04. The Bertz CT molecular complexity index is 327. The van der Waals surface area contributed by atoms with Gasteiger partial charge in [0.1, 0.15) is 12.7 Å². The molecule has 7 nitrogen and oxygen atoms in total. The van der Waals surface area contributed by atoms with Crippen LogP contribution < -0.4 is 0 Å². The second-order valence-corrected chi connectivity index (χ2v) is 3.94. The third-order valence-electron chi connectivity index (χ3n) is 2.54. The fourth-order valence-corrected chi connectivity index (χ4v) is 1.64. The molecule has 1 atom stereocenters. The largest absolute Gasteiger partial charge is 0.446 e. The van der Waals surface area contributed by atoms with Crippen LogP contribution in [0.1, 0.15) is 26.7 Å². The molecule has 1 rings (SSSR count). The first-order valence-corrected chi connectivity index (χ1v) is 6.32. The van der Waals surface area contributed by atoms with E-state index in [-0.39, 0.29) is 19.4 Å². The first kappa shape index (κ1) is 15.6. The van der Waals surface area contributed by atoms with Crippen molar-refractivity contribution >= 4 is 17.9 Å². The van der Waals surface area contributed by atoms with Crippen LogP contribution in [0.3, 0.4) is 0 Å². The molecule has 1 aliphatic rings. The number of carbonyl (C=O) groups excluding carboxylic acids is 3. The van der Waals surface area contributed by atoms with Gasteiger partial charge in [0.2, 0.25) is 11.8 Å². The lowest BCUT2D eigenvalue weighted by Crippen LogP contribution is -2.38. The highest BCUT2D eigenvalue weighted by Gasteiger charge is 2.35. The topological polar surface area (TPSA) is 82.1 Å². The van der Waals surface area contributed by atoms with E-state index < -0.39 is 24.0 Å². The predicted octanol–water partition coefficient (Wildman–Crippen LogP) is 0.714. The second-order valence-electron chi connectivity index (χ2n) is 3.94. The Morgan fingerprint density at radius 3 is 2.32 bits per heavy atom. The normalized spacial score (nSPS) is 16.8. The summed E-state index contributed by atoms with van der Waals surface area (Å²) < 4.78 is 15.4. The number of carbonyl (C=O) groups is 3. The van der Waals surface area contributed by atoms with Gasteiger partial charge in [-0.2, -0.15) is 4.90 Å². The summed E-state index contributed by atoms with van der Waals surface area (Å²) >= 11 is 0. The van der Waals surface area contributed by atoms with E-state index in [1.165, 1.54) is 0 Å². The van der Waals surface area contributed by atoms with Crippen molar-refractivity contribution in [2.24, 2.45) is 0 Å². The summed E-state index contributed by atoms with van der Waals surface area (Å²) in [6, 6.07) is 0. The zero-order valence-corrected chi connectivity index (χ0v) is 11.2. The van der Waals surface area contributed by atoms with E-state index in [1.807, 2.05) is 13.8 Å². The van der Waals surface area contributed by atoms with Gasteiger partial charge in [-0.05, 0) is 13.8 Å². The molecular weight excluding hydrogens is 254 g/mol. The highest BCUT2D eigenvalue weighted by atomic mass is 16.6. The van der Waals surface area contributed by atoms with E-state index in [0.717, 1.165) is 0 Å². The van der Waals surface area contributed by atoms with E-state index in [2.05, 4.69) is 0 Å². The predicted molar refractivity (Wildman–Crippen MR) is 64.3 cm³/mol. The second kappa shape index (κ2) is 7.85. The Balaban J connectivity index is 2.42. The van der Waals surface area contributed by atoms with Gasteiger partial charge in [0.05, 0.1) is 6.61 Å². The van der Waals surface area contributed by atoms with Gasteiger partial charge in [-0.15, -0.1) is 0 Å². The lowest BCUT2D eigenvalue weighted by molar-refractivity contribution is -0.136. The zero-order chi connectivity index (χ0) is 14.3. The first-order chi connectivity index (χ1) is 9.10.